The van der Waals surface area contributed by atoms with Gasteiger partial charge in [-0.15, -0.1) is 0 Å². The number of nitrogens with zero attached hydrogens (tertiary/aromatic N) is 1. The summed E-state index contributed by atoms with van der Waals surface area (Å²) < 4.78 is 5.35. The number of isocyanates is 1. The highest BCUT2D eigenvalue weighted by Gasteiger charge is 2.48. The van der Waals surface area contributed by atoms with Crippen molar-refractivity contribution in [2.75, 3.05) is 6.61 Å². The average Bonchev–Trinajstić information content (AvgIpc) is 2.71. The second-order valence-corrected chi connectivity index (χ2v) is 2.90. The van der Waals surface area contributed by atoms with Crippen molar-refractivity contribution in [3.8, 4) is 0 Å². The lowest BCUT2D eigenvalue weighted by Crippen LogP contribution is -2.26. The summed E-state index contributed by atoms with van der Waals surface area (Å²) in [6.45, 7) is 4.58. The van der Waals surface area contributed by atoms with Crippen LogP contribution in [0.2, 0.25) is 0 Å². The first-order chi connectivity index (χ1) is 5.25. The number of carbonyl (C=O) groups excluding carboxylic acids is 1. The van der Waals surface area contributed by atoms with E-state index >= 15 is 0 Å². The van der Waals surface area contributed by atoms with Gasteiger partial charge in [0.25, 0.3) is 0 Å². The summed E-state index contributed by atoms with van der Waals surface area (Å²) in [5, 5.41) is 0. The van der Waals surface area contributed by atoms with Crippen molar-refractivity contribution in [2.45, 2.75) is 38.3 Å². The summed E-state index contributed by atoms with van der Waals surface area (Å²) in [6, 6.07) is 0. The lowest BCUT2D eigenvalue weighted by molar-refractivity contribution is 0.0512. The van der Waals surface area contributed by atoms with Gasteiger partial charge in [0.1, 0.15) is 0 Å². The molecule has 1 rings (SSSR count). The molecule has 0 aliphatic heterocycles. The molecule has 1 aliphatic carbocycles. The monoisotopic (exact) mass is 155 g/mol. The predicted octanol–water partition coefficient (Wildman–Crippen LogP) is 1.28. The molecule has 1 saturated carbocycles. The van der Waals surface area contributed by atoms with Crippen LogP contribution in [0.4, 0.5) is 0 Å². The summed E-state index contributed by atoms with van der Waals surface area (Å²) in [7, 11) is 0. The Hall–Kier alpha value is -0.660. The van der Waals surface area contributed by atoms with Crippen LogP contribution in [-0.4, -0.2) is 24.3 Å². The van der Waals surface area contributed by atoms with Gasteiger partial charge in [-0.3, -0.25) is 0 Å². The molecule has 3 heteroatoms. The van der Waals surface area contributed by atoms with Crippen LogP contribution < -0.4 is 0 Å². The van der Waals surface area contributed by atoms with Gasteiger partial charge in [-0.1, -0.05) is 0 Å². The van der Waals surface area contributed by atoms with Crippen molar-refractivity contribution < 1.29 is 9.53 Å². The Balaban J connectivity index is 2.50. The number of hydrogen-bond donors (Lipinski definition) is 0. The Morgan fingerprint density at radius 2 is 2.36 bits per heavy atom. The van der Waals surface area contributed by atoms with E-state index in [0.29, 0.717) is 6.61 Å². The van der Waals surface area contributed by atoms with E-state index in [9.17, 15) is 4.79 Å². The molecule has 1 fully saturated rings. The van der Waals surface area contributed by atoms with E-state index in [1.807, 2.05) is 13.8 Å². The Bertz CT molecular complexity index is 181. The Kier molecular flexibility index (Phi) is 2.42. The molecular weight excluding hydrogens is 142 g/mol. The van der Waals surface area contributed by atoms with Gasteiger partial charge in [0.2, 0.25) is 6.08 Å². The van der Waals surface area contributed by atoms with Crippen LogP contribution >= 0.6 is 0 Å². The Morgan fingerprint density at radius 3 is 2.73 bits per heavy atom. The molecule has 0 spiro atoms. The van der Waals surface area contributed by atoms with E-state index in [4.69, 9.17) is 4.74 Å². The highest BCUT2D eigenvalue weighted by atomic mass is 16.5. The standard InChI is InChI=1S/C8H13NO2/c1-3-11-7(2)8(4-5-8)9-6-10/h7H,3-5H2,1-2H3. The highest BCUT2D eigenvalue weighted by molar-refractivity contribution is 5.37. The third-order valence-corrected chi connectivity index (χ3v) is 2.20. The van der Waals surface area contributed by atoms with Crippen LogP contribution in [0.15, 0.2) is 4.99 Å². The second-order valence-electron chi connectivity index (χ2n) is 2.90. The molecule has 1 atom stereocenters. The minimum Gasteiger partial charge on any atom is -0.376 e. The van der Waals surface area contributed by atoms with Crippen molar-refractivity contribution in [3.05, 3.63) is 0 Å². The van der Waals surface area contributed by atoms with E-state index in [1.54, 1.807) is 6.08 Å². The molecule has 3 nitrogen and oxygen atoms in total. The lowest BCUT2D eigenvalue weighted by atomic mass is 10.1. The zero-order chi connectivity index (χ0) is 8.32. The number of hydrogen-bond acceptors (Lipinski definition) is 3. The Morgan fingerprint density at radius 1 is 1.73 bits per heavy atom. The smallest absolute Gasteiger partial charge is 0.235 e. The van der Waals surface area contributed by atoms with E-state index in [1.165, 1.54) is 0 Å². The molecule has 1 aliphatic rings. The van der Waals surface area contributed by atoms with E-state index in [-0.39, 0.29) is 11.6 Å². The minimum absolute atomic E-state index is 0.0638. The molecule has 0 aromatic heterocycles. The number of aliphatic imine (C=N–C) groups is 1. The number of ether oxygens (including phenoxy) is 1. The fraction of sp³-hybridized carbons (Fsp3) is 0.875. The minimum atomic E-state index is -0.211. The summed E-state index contributed by atoms with van der Waals surface area (Å²) in [5.74, 6) is 0. The largest absolute Gasteiger partial charge is 0.376 e. The van der Waals surface area contributed by atoms with E-state index in [2.05, 4.69) is 4.99 Å². The van der Waals surface area contributed by atoms with Crippen LogP contribution in [0, 0.1) is 0 Å². The third-order valence-electron chi connectivity index (χ3n) is 2.20. The molecule has 0 radical (unpaired) electrons. The van der Waals surface area contributed by atoms with Crippen molar-refractivity contribution >= 4 is 6.08 Å². The zero-order valence-electron chi connectivity index (χ0n) is 6.96. The van der Waals surface area contributed by atoms with Crippen LogP contribution in [0.25, 0.3) is 0 Å². The van der Waals surface area contributed by atoms with Crippen LogP contribution in [0.3, 0.4) is 0 Å². The van der Waals surface area contributed by atoms with Crippen LogP contribution in [0.1, 0.15) is 26.7 Å². The molecule has 0 aromatic rings. The normalized spacial score (nSPS) is 22.0. The number of rotatable bonds is 4. The zero-order valence-corrected chi connectivity index (χ0v) is 6.96. The Labute approximate surface area is 66.5 Å². The third kappa shape index (κ3) is 1.67. The van der Waals surface area contributed by atoms with Gasteiger partial charge in [0.15, 0.2) is 0 Å². The van der Waals surface area contributed by atoms with Crippen molar-refractivity contribution in [1.82, 2.24) is 0 Å². The summed E-state index contributed by atoms with van der Waals surface area (Å²) in [4.78, 5) is 13.8. The molecule has 0 N–H and O–H groups in total. The molecular formula is C8H13NO2. The molecule has 0 aromatic carbocycles. The topological polar surface area (TPSA) is 38.7 Å². The van der Waals surface area contributed by atoms with Gasteiger partial charge in [0, 0.05) is 6.61 Å². The van der Waals surface area contributed by atoms with E-state index < -0.39 is 0 Å². The van der Waals surface area contributed by atoms with E-state index in [0.717, 1.165) is 12.8 Å². The van der Waals surface area contributed by atoms with Gasteiger partial charge < -0.3 is 4.74 Å². The average molecular weight is 155 g/mol. The summed E-state index contributed by atoms with van der Waals surface area (Å²) in [6.07, 6.45) is 3.59. The first kappa shape index (κ1) is 8.44. The SMILES string of the molecule is CCOC(C)C1(N=C=O)CC1. The van der Waals surface area contributed by atoms with Gasteiger partial charge >= 0.3 is 0 Å². The molecule has 0 bridgehead atoms. The maximum Gasteiger partial charge on any atom is 0.235 e. The van der Waals surface area contributed by atoms with Crippen LogP contribution in [-0.2, 0) is 9.53 Å². The van der Waals surface area contributed by atoms with Gasteiger partial charge in [-0.25, -0.2) is 4.79 Å². The maximum atomic E-state index is 10.0. The molecule has 1 unspecified atom stereocenters. The lowest BCUT2D eigenvalue weighted by Gasteiger charge is -2.16. The van der Waals surface area contributed by atoms with Crippen molar-refractivity contribution in [2.24, 2.45) is 4.99 Å². The van der Waals surface area contributed by atoms with Gasteiger partial charge in [-0.2, -0.15) is 4.99 Å². The van der Waals surface area contributed by atoms with Gasteiger partial charge in [-0.05, 0) is 26.7 Å². The van der Waals surface area contributed by atoms with Crippen LogP contribution in [0.5, 0.6) is 0 Å². The molecule has 0 heterocycles. The van der Waals surface area contributed by atoms with Crippen molar-refractivity contribution in [1.29, 1.82) is 0 Å². The fourth-order valence-electron chi connectivity index (χ4n) is 1.23. The van der Waals surface area contributed by atoms with Crippen molar-refractivity contribution in [3.63, 3.8) is 0 Å². The maximum absolute atomic E-state index is 10.0. The summed E-state index contributed by atoms with van der Waals surface area (Å²) >= 11 is 0. The molecule has 62 valence electrons. The predicted molar refractivity (Wildman–Crippen MR) is 41.2 cm³/mol. The highest BCUT2D eigenvalue weighted by Crippen LogP contribution is 2.43. The second kappa shape index (κ2) is 3.16. The first-order valence-corrected chi connectivity index (χ1v) is 3.96. The molecule has 0 amide bonds. The summed E-state index contributed by atoms with van der Waals surface area (Å²) in [5.41, 5.74) is -0.211. The van der Waals surface area contributed by atoms with Gasteiger partial charge in [0.05, 0.1) is 11.6 Å². The molecule has 11 heavy (non-hydrogen) atoms. The molecule has 0 saturated heterocycles. The fourth-order valence-corrected chi connectivity index (χ4v) is 1.23. The first-order valence-electron chi connectivity index (χ1n) is 3.96. The quantitative estimate of drug-likeness (QED) is 0.453.